The van der Waals surface area contributed by atoms with Crippen molar-refractivity contribution in [2.45, 2.75) is 107 Å². The van der Waals surface area contributed by atoms with Gasteiger partial charge in [-0.15, -0.1) is 0 Å². The van der Waals surface area contributed by atoms with Gasteiger partial charge in [0.2, 0.25) is 29.5 Å². The molecule has 62 heavy (non-hydrogen) atoms. The molecule has 0 spiro atoms. The van der Waals surface area contributed by atoms with Gasteiger partial charge in [-0.1, -0.05) is 74.0 Å². The number of hydrogen-bond donors (Lipinski definition) is 10. The molecule has 1 fully saturated rings. The number of para-hydroxylation sites is 1. The maximum atomic E-state index is 14.6. The van der Waals surface area contributed by atoms with Gasteiger partial charge < -0.3 is 57.5 Å². The number of hydrogen-bond acceptors (Lipinski definition) is 10. The summed E-state index contributed by atoms with van der Waals surface area (Å²) in [4.78, 5) is 75.7. The summed E-state index contributed by atoms with van der Waals surface area (Å²) in [5, 5.41) is 45.2. The van der Waals surface area contributed by atoms with Crippen molar-refractivity contribution < 1.29 is 39.3 Å². The Labute approximate surface area is 362 Å². The lowest BCUT2D eigenvalue weighted by Crippen LogP contribution is -2.61. The summed E-state index contributed by atoms with van der Waals surface area (Å²) >= 11 is 0. The van der Waals surface area contributed by atoms with E-state index in [2.05, 4.69) is 31.6 Å². The standard InChI is InChI=1S/C46H62N8O8/c1-5-12-39(54(4)44(61)38(48-3)24-29-13-7-6-8-14-29)43(60)51-36(23-30-18-20-33(56)21-19-30)41(58)50-37(25-31-27-49-35-17-10-9-16-34(31)35)42(59)53-46(26-32(46)15-11-22-47)45(62)52-40(57)28(2)55/h6-10,13-14,16-21,27-28,32,36-40,48-49,55-57H,5,11-12,15,22-26,47H2,1-4H3,(H,50,58)(H,51,60)(H,52,62)(H,53,59)/t28-,32+,36+,37-,38+,39+,40-,46?/m1/s1. The summed E-state index contributed by atoms with van der Waals surface area (Å²) in [6.07, 6.45) is 1.41. The SMILES string of the molecule is CCC[C@@H](C(=O)N[C@@H](Cc1ccc(O)cc1)C(=O)N[C@H](Cc1c[nH]c2ccccc12)C(=O)NC1(C(=O)N[C@H](O)[C@@H](C)O)C[C@@H]1CCCN)N(C)C(=O)[C@H](Cc1ccccc1)NC. The fourth-order valence-corrected chi connectivity index (χ4v) is 7.90. The van der Waals surface area contributed by atoms with Crippen molar-refractivity contribution in [1.29, 1.82) is 0 Å². The topological polar surface area (TPSA) is 251 Å². The largest absolute Gasteiger partial charge is 0.508 e. The van der Waals surface area contributed by atoms with Crippen LogP contribution in [-0.4, -0.2) is 117 Å². The predicted molar refractivity (Wildman–Crippen MR) is 235 cm³/mol. The van der Waals surface area contributed by atoms with Crippen LogP contribution in [0.3, 0.4) is 0 Å². The third-order valence-corrected chi connectivity index (χ3v) is 11.7. The fourth-order valence-electron chi connectivity index (χ4n) is 7.90. The minimum atomic E-state index is -1.59. The van der Waals surface area contributed by atoms with E-state index in [0.717, 1.165) is 16.5 Å². The molecule has 4 aromatic rings. The highest BCUT2D eigenvalue weighted by atomic mass is 16.3. The summed E-state index contributed by atoms with van der Waals surface area (Å²) in [5.74, 6) is -3.25. The van der Waals surface area contributed by atoms with Crippen LogP contribution < -0.4 is 32.3 Å². The van der Waals surface area contributed by atoms with E-state index in [4.69, 9.17) is 5.73 Å². The molecule has 0 bridgehead atoms. The number of likely N-dealkylation sites (N-methyl/N-ethyl adjacent to an activating group) is 2. The van der Waals surface area contributed by atoms with Gasteiger partial charge in [0.15, 0.2) is 6.23 Å². The molecule has 0 radical (unpaired) electrons. The molecule has 5 amide bonds. The van der Waals surface area contributed by atoms with Crippen LogP contribution in [0.25, 0.3) is 10.9 Å². The Bertz CT molecular complexity index is 2130. The number of aromatic nitrogens is 1. The van der Waals surface area contributed by atoms with E-state index in [9.17, 15) is 39.3 Å². The van der Waals surface area contributed by atoms with Crippen molar-refractivity contribution in [2.75, 3.05) is 20.6 Å². The first-order chi connectivity index (χ1) is 29.7. The van der Waals surface area contributed by atoms with Crippen LogP contribution in [0, 0.1) is 5.92 Å². The Hall–Kier alpha value is -5.81. The maximum Gasteiger partial charge on any atom is 0.248 e. The van der Waals surface area contributed by atoms with Gasteiger partial charge in [-0.05, 0) is 93.4 Å². The van der Waals surface area contributed by atoms with E-state index in [0.29, 0.717) is 49.8 Å². The minimum Gasteiger partial charge on any atom is -0.508 e. The Kier molecular flexibility index (Phi) is 16.6. The van der Waals surface area contributed by atoms with Gasteiger partial charge in [-0.2, -0.15) is 0 Å². The summed E-state index contributed by atoms with van der Waals surface area (Å²) in [6, 6.07) is 19.1. The summed E-state index contributed by atoms with van der Waals surface area (Å²) < 4.78 is 0. The number of nitrogens with one attached hydrogen (secondary N) is 6. The number of fused-ring (bicyclic) bond motifs is 1. The van der Waals surface area contributed by atoms with Crippen molar-refractivity contribution >= 4 is 40.4 Å². The highest BCUT2D eigenvalue weighted by Crippen LogP contribution is 2.47. The van der Waals surface area contributed by atoms with Crippen LogP contribution in [0.15, 0.2) is 85.1 Å². The molecule has 3 aromatic carbocycles. The Morgan fingerprint density at radius 2 is 1.47 bits per heavy atom. The molecule has 1 heterocycles. The number of nitrogens with two attached hydrogens (primary N) is 1. The Morgan fingerprint density at radius 1 is 0.839 bits per heavy atom. The second kappa shape index (κ2) is 21.8. The molecule has 1 saturated carbocycles. The molecule has 1 unspecified atom stereocenters. The molecule has 8 atom stereocenters. The number of aromatic hydroxyl groups is 1. The number of amides is 5. The van der Waals surface area contributed by atoms with Crippen molar-refractivity contribution in [2.24, 2.45) is 11.7 Å². The third kappa shape index (κ3) is 12.0. The van der Waals surface area contributed by atoms with E-state index in [1.54, 1.807) is 32.4 Å². The van der Waals surface area contributed by atoms with Gasteiger partial charge in [-0.3, -0.25) is 24.0 Å². The normalized spacial score (nSPS) is 18.7. The Morgan fingerprint density at radius 3 is 2.13 bits per heavy atom. The van der Waals surface area contributed by atoms with Crippen molar-refractivity contribution in [3.63, 3.8) is 0 Å². The molecule has 0 saturated heterocycles. The summed E-state index contributed by atoms with van der Waals surface area (Å²) in [6.45, 7) is 3.57. The average molecular weight is 855 g/mol. The number of carbonyl (C=O) groups excluding carboxylic acids is 5. The lowest BCUT2D eigenvalue weighted by molar-refractivity contribution is -0.141. The first-order valence-electron chi connectivity index (χ1n) is 21.3. The smallest absolute Gasteiger partial charge is 0.248 e. The molecule has 0 aliphatic heterocycles. The molecule has 1 aromatic heterocycles. The van der Waals surface area contributed by atoms with Gasteiger partial charge in [0, 0.05) is 37.0 Å². The molecule has 1 aliphatic carbocycles. The molecular formula is C46H62N8O8. The van der Waals surface area contributed by atoms with Crippen LogP contribution in [-0.2, 0) is 43.2 Å². The zero-order valence-electron chi connectivity index (χ0n) is 35.9. The maximum absolute atomic E-state index is 14.6. The number of aliphatic hydroxyl groups excluding tert-OH is 2. The van der Waals surface area contributed by atoms with Gasteiger partial charge in [0.25, 0.3) is 0 Å². The van der Waals surface area contributed by atoms with Gasteiger partial charge >= 0.3 is 0 Å². The number of aromatic amines is 1. The van der Waals surface area contributed by atoms with E-state index in [-0.39, 0.29) is 36.8 Å². The Balaban J connectivity index is 1.44. The monoisotopic (exact) mass is 854 g/mol. The fraction of sp³-hybridized carbons (Fsp3) is 0.457. The number of benzene rings is 3. The highest BCUT2D eigenvalue weighted by Gasteiger charge is 2.61. The van der Waals surface area contributed by atoms with Gasteiger partial charge in [-0.25, -0.2) is 0 Å². The summed E-state index contributed by atoms with van der Waals surface area (Å²) in [7, 11) is 3.25. The van der Waals surface area contributed by atoms with E-state index in [1.165, 1.54) is 24.0 Å². The third-order valence-electron chi connectivity index (χ3n) is 11.7. The number of phenols is 1. The van der Waals surface area contributed by atoms with Crippen LogP contribution in [0.4, 0.5) is 0 Å². The van der Waals surface area contributed by atoms with Crippen LogP contribution in [0.5, 0.6) is 5.75 Å². The minimum absolute atomic E-state index is 0.00849. The van der Waals surface area contributed by atoms with Crippen LogP contribution in [0.2, 0.25) is 0 Å². The zero-order chi connectivity index (χ0) is 45.0. The van der Waals surface area contributed by atoms with E-state index < -0.39 is 65.7 Å². The number of H-pyrrole nitrogens is 1. The molecule has 334 valence electrons. The molecule has 11 N–H and O–H groups in total. The molecule has 16 nitrogen and oxygen atoms in total. The lowest BCUT2D eigenvalue weighted by Gasteiger charge is -2.32. The average Bonchev–Trinajstić information content (AvgIpc) is 3.82. The second-order valence-corrected chi connectivity index (χ2v) is 16.3. The number of phenolic OH excluding ortho intramolecular Hbond substituents is 1. The van der Waals surface area contributed by atoms with Gasteiger partial charge in [0.1, 0.15) is 29.4 Å². The van der Waals surface area contributed by atoms with Crippen molar-refractivity contribution in [1.82, 2.24) is 36.5 Å². The first kappa shape index (κ1) is 47.2. The highest BCUT2D eigenvalue weighted by molar-refractivity contribution is 5.99. The molecule has 5 rings (SSSR count). The number of nitrogens with zero attached hydrogens (tertiary/aromatic N) is 1. The van der Waals surface area contributed by atoms with Crippen LogP contribution >= 0.6 is 0 Å². The van der Waals surface area contributed by atoms with Crippen LogP contribution in [0.1, 0.15) is 62.6 Å². The second-order valence-electron chi connectivity index (χ2n) is 16.3. The molecular weight excluding hydrogens is 793 g/mol. The van der Waals surface area contributed by atoms with Gasteiger partial charge in [0.05, 0.1) is 12.1 Å². The first-order valence-corrected chi connectivity index (χ1v) is 21.3. The van der Waals surface area contributed by atoms with E-state index >= 15 is 0 Å². The molecule has 1 aliphatic rings. The number of carbonyl (C=O) groups is 5. The zero-order valence-corrected chi connectivity index (χ0v) is 35.9. The quantitative estimate of drug-likeness (QED) is 0.0482. The summed E-state index contributed by atoms with van der Waals surface area (Å²) in [5.41, 5.74) is 7.39. The molecule has 16 heteroatoms. The van der Waals surface area contributed by atoms with Crippen molar-refractivity contribution in [3.8, 4) is 5.75 Å². The number of rotatable bonds is 23. The number of aliphatic hydroxyl groups is 2. The predicted octanol–water partition coefficient (Wildman–Crippen LogP) is 1.52. The van der Waals surface area contributed by atoms with Crippen molar-refractivity contribution in [3.05, 3.63) is 102 Å². The lowest BCUT2D eigenvalue weighted by atomic mass is 10.00. The van der Waals surface area contributed by atoms with E-state index in [1.807, 2.05) is 61.5 Å².